The van der Waals surface area contributed by atoms with Gasteiger partial charge in [-0.1, -0.05) is 35.0 Å². The highest BCUT2D eigenvalue weighted by atomic mass is 35.5. The first-order valence-corrected chi connectivity index (χ1v) is 9.30. The molecule has 7 nitrogen and oxygen atoms in total. The maximum absolute atomic E-state index is 12.5. The molecule has 0 radical (unpaired) electrons. The topological polar surface area (TPSA) is 86.3 Å². The number of thioether (sulfide) groups is 1. The van der Waals surface area contributed by atoms with Crippen LogP contribution >= 0.6 is 35.0 Å². The Balaban J connectivity index is 1.75. The van der Waals surface area contributed by atoms with E-state index in [0.29, 0.717) is 52.9 Å². The lowest BCUT2D eigenvalue weighted by molar-refractivity contribution is -0.134. The summed E-state index contributed by atoms with van der Waals surface area (Å²) in [5, 5.41) is 9.24. The molecule has 1 aliphatic rings. The van der Waals surface area contributed by atoms with Crippen molar-refractivity contribution in [3.8, 4) is 11.4 Å². The summed E-state index contributed by atoms with van der Waals surface area (Å²) in [5.74, 6) is 6.55. The van der Waals surface area contributed by atoms with Crippen LogP contribution in [-0.2, 0) is 9.53 Å². The molecule has 1 aliphatic heterocycles. The number of benzene rings is 1. The van der Waals surface area contributed by atoms with Gasteiger partial charge in [0.15, 0.2) is 5.82 Å². The van der Waals surface area contributed by atoms with Crippen molar-refractivity contribution >= 4 is 40.9 Å². The van der Waals surface area contributed by atoms with E-state index in [4.69, 9.17) is 33.8 Å². The number of ether oxygens (including phenoxy) is 1. The van der Waals surface area contributed by atoms with Crippen LogP contribution in [0, 0.1) is 0 Å². The van der Waals surface area contributed by atoms with Crippen LogP contribution in [0.2, 0.25) is 10.0 Å². The lowest BCUT2D eigenvalue weighted by Gasteiger charge is -2.28. The Morgan fingerprint density at radius 2 is 2.04 bits per heavy atom. The number of rotatable bonds is 4. The van der Waals surface area contributed by atoms with Crippen LogP contribution in [0.5, 0.6) is 0 Å². The van der Waals surface area contributed by atoms with E-state index >= 15 is 0 Å². The van der Waals surface area contributed by atoms with Crippen molar-refractivity contribution in [2.24, 2.45) is 0 Å². The lowest BCUT2D eigenvalue weighted by atomic mass is 10.2. The first-order chi connectivity index (χ1) is 12.0. The van der Waals surface area contributed by atoms with E-state index in [-0.39, 0.29) is 11.2 Å². The number of carbonyl (C=O) groups excluding carboxylic acids is 1. The van der Waals surface area contributed by atoms with Crippen molar-refractivity contribution in [1.29, 1.82) is 0 Å². The summed E-state index contributed by atoms with van der Waals surface area (Å²) in [6.07, 6.45) is 0. The number of morpholine rings is 1. The number of nitrogens with two attached hydrogens (primary N) is 1. The molecule has 10 heteroatoms. The van der Waals surface area contributed by atoms with Gasteiger partial charge in [0.2, 0.25) is 11.1 Å². The summed E-state index contributed by atoms with van der Waals surface area (Å²) in [5.41, 5.74) is 0.625. The maximum atomic E-state index is 12.5. The summed E-state index contributed by atoms with van der Waals surface area (Å²) < 4.78 is 6.61. The molecule has 2 N–H and O–H groups in total. The van der Waals surface area contributed by atoms with Gasteiger partial charge in [0.1, 0.15) is 0 Å². The van der Waals surface area contributed by atoms with Crippen LogP contribution in [0.15, 0.2) is 23.4 Å². The maximum Gasteiger partial charge on any atom is 0.236 e. The van der Waals surface area contributed by atoms with E-state index < -0.39 is 0 Å². The van der Waals surface area contributed by atoms with Gasteiger partial charge in [0.05, 0.1) is 23.5 Å². The van der Waals surface area contributed by atoms with Gasteiger partial charge in [-0.05, 0) is 25.1 Å². The third-order valence-electron chi connectivity index (χ3n) is 3.79. The van der Waals surface area contributed by atoms with E-state index in [1.165, 1.54) is 16.4 Å². The van der Waals surface area contributed by atoms with Crippen LogP contribution in [0.25, 0.3) is 11.4 Å². The van der Waals surface area contributed by atoms with Crippen LogP contribution in [0.3, 0.4) is 0 Å². The molecule has 1 unspecified atom stereocenters. The molecule has 0 bridgehead atoms. The van der Waals surface area contributed by atoms with Gasteiger partial charge in [0, 0.05) is 23.7 Å². The number of amides is 1. The van der Waals surface area contributed by atoms with E-state index in [1.807, 2.05) is 6.92 Å². The SMILES string of the molecule is CC(Sc1nnc(-c2ccc(Cl)cc2Cl)n1N)C(=O)N1CCOCC1. The Hall–Kier alpha value is -1.48. The zero-order valence-corrected chi connectivity index (χ0v) is 15.8. The molecular weight excluding hydrogens is 385 g/mol. The zero-order chi connectivity index (χ0) is 18.0. The first kappa shape index (κ1) is 18.3. The number of halogens is 2. The molecule has 1 fully saturated rings. The molecule has 2 aromatic rings. The fourth-order valence-corrected chi connectivity index (χ4v) is 3.81. The number of nitrogens with zero attached hydrogens (tertiary/aromatic N) is 4. The minimum atomic E-state index is -0.335. The van der Waals surface area contributed by atoms with Gasteiger partial charge in [-0.3, -0.25) is 4.79 Å². The molecular formula is C15H17Cl2N5O2S. The van der Waals surface area contributed by atoms with Crippen LogP contribution in [0.4, 0.5) is 0 Å². The number of carbonyl (C=O) groups is 1. The van der Waals surface area contributed by atoms with Crippen molar-refractivity contribution in [3.63, 3.8) is 0 Å². The van der Waals surface area contributed by atoms with Crippen LogP contribution in [0.1, 0.15) is 6.92 Å². The van der Waals surface area contributed by atoms with Gasteiger partial charge in [0.25, 0.3) is 0 Å². The van der Waals surface area contributed by atoms with Crippen LogP contribution < -0.4 is 5.84 Å². The molecule has 1 amide bonds. The largest absolute Gasteiger partial charge is 0.378 e. The van der Waals surface area contributed by atoms with Gasteiger partial charge < -0.3 is 15.5 Å². The van der Waals surface area contributed by atoms with Crippen molar-refractivity contribution in [3.05, 3.63) is 28.2 Å². The lowest BCUT2D eigenvalue weighted by Crippen LogP contribution is -2.44. The summed E-state index contributed by atoms with van der Waals surface area (Å²) in [6, 6.07) is 5.05. The molecule has 1 atom stereocenters. The number of hydrogen-bond donors (Lipinski definition) is 1. The predicted molar refractivity (Wildman–Crippen MR) is 98.3 cm³/mol. The standard InChI is InChI=1S/C15H17Cl2N5O2S/c1-9(14(23)21-4-6-24-7-5-21)25-15-20-19-13(22(15)18)11-3-2-10(16)8-12(11)17/h2-3,8-9H,4-7,18H2,1H3. The molecule has 0 aliphatic carbocycles. The average Bonchev–Trinajstić information content (AvgIpc) is 2.95. The minimum Gasteiger partial charge on any atom is -0.378 e. The third-order valence-corrected chi connectivity index (χ3v) is 5.38. The second-order valence-electron chi connectivity index (χ2n) is 5.50. The number of hydrogen-bond acceptors (Lipinski definition) is 6. The highest BCUT2D eigenvalue weighted by Crippen LogP contribution is 2.31. The summed E-state index contributed by atoms with van der Waals surface area (Å²) >= 11 is 13.4. The van der Waals surface area contributed by atoms with E-state index in [2.05, 4.69) is 10.2 Å². The van der Waals surface area contributed by atoms with Crippen molar-refractivity contribution in [2.45, 2.75) is 17.3 Å². The fraction of sp³-hybridized carbons (Fsp3) is 0.400. The van der Waals surface area contributed by atoms with Gasteiger partial charge >= 0.3 is 0 Å². The third kappa shape index (κ3) is 4.03. The highest BCUT2D eigenvalue weighted by Gasteiger charge is 2.25. The van der Waals surface area contributed by atoms with Gasteiger partial charge in [-0.15, -0.1) is 10.2 Å². The summed E-state index contributed by atoms with van der Waals surface area (Å²) in [7, 11) is 0. The average molecular weight is 402 g/mol. The van der Waals surface area contributed by atoms with E-state index in [9.17, 15) is 4.79 Å². The molecule has 1 aromatic heterocycles. The highest BCUT2D eigenvalue weighted by molar-refractivity contribution is 8.00. The Kier molecular flexibility index (Phi) is 5.73. The molecule has 2 heterocycles. The van der Waals surface area contributed by atoms with Crippen LogP contribution in [-0.4, -0.2) is 57.2 Å². The normalized spacial score (nSPS) is 16.0. The quantitative estimate of drug-likeness (QED) is 0.624. The first-order valence-electron chi connectivity index (χ1n) is 7.66. The molecule has 25 heavy (non-hydrogen) atoms. The minimum absolute atomic E-state index is 0.0300. The van der Waals surface area contributed by atoms with E-state index in [1.54, 1.807) is 23.1 Å². The fourth-order valence-electron chi connectivity index (χ4n) is 2.46. The molecule has 1 aromatic carbocycles. The smallest absolute Gasteiger partial charge is 0.236 e. The Morgan fingerprint density at radius 3 is 2.72 bits per heavy atom. The second kappa shape index (κ2) is 7.82. The van der Waals surface area contributed by atoms with Crippen molar-refractivity contribution in [1.82, 2.24) is 19.8 Å². The monoisotopic (exact) mass is 401 g/mol. The van der Waals surface area contributed by atoms with Crippen molar-refractivity contribution in [2.75, 3.05) is 32.1 Å². The summed E-state index contributed by atoms with van der Waals surface area (Å²) in [4.78, 5) is 14.3. The Labute approximate surface area is 159 Å². The molecule has 3 rings (SSSR count). The molecule has 0 saturated carbocycles. The second-order valence-corrected chi connectivity index (χ2v) is 7.65. The predicted octanol–water partition coefficient (Wildman–Crippen LogP) is 2.31. The number of aromatic nitrogens is 3. The molecule has 0 spiro atoms. The summed E-state index contributed by atoms with van der Waals surface area (Å²) in [6.45, 7) is 4.16. The molecule has 134 valence electrons. The van der Waals surface area contributed by atoms with Crippen molar-refractivity contribution < 1.29 is 9.53 Å². The molecule has 1 saturated heterocycles. The Morgan fingerprint density at radius 1 is 1.32 bits per heavy atom. The Bertz CT molecular complexity index is 779. The number of nitrogen functional groups attached to an aromatic ring is 1. The van der Waals surface area contributed by atoms with Gasteiger partial charge in [-0.2, -0.15) is 0 Å². The zero-order valence-electron chi connectivity index (χ0n) is 13.5. The van der Waals surface area contributed by atoms with E-state index in [0.717, 1.165) is 0 Å². The van der Waals surface area contributed by atoms with Gasteiger partial charge in [-0.25, -0.2) is 4.68 Å².